The molecule has 7 heteroatoms. The van der Waals surface area contributed by atoms with Crippen molar-refractivity contribution in [2.75, 3.05) is 31.1 Å². The average Bonchev–Trinajstić information content (AvgIpc) is 2.62. The zero-order valence-corrected chi connectivity index (χ0v) is 13.9. The Morgan fingerprint density at radius 3 is 2.54 bits per heavy atom. The van der Waals surface area contributed by atoms with E-state index in [9.17, 15) is 9.59 Å². The zero-order chi connectivity index (χ0) is 17.1. The van der Waals surface area contributed by atoms with Crippen molar-refractivity contribution in [3.8, 4) is 0 Å². The number of nitrogens with one attached hydrogen (secondary N) is 1. The van der Waals surface area contributed by atoms with Crippen molar-refractivity contribution in [1.29, 1.82) is 0 Å². The molecule has 0 aromatic carbocycles. The molecule has 0 unspecified atom stereocenters. The molecule has 0 aliphatic carbocycles. The van der Waals surface area contributed by atoms with Gasteiger partial charge >= 0.3 is 0 Å². The predicted molar refractivity (Wildman–Crippen MR) is 91.3 cm³/mol. The number of H-pyrrole nitrogens is 1. The molecule has 1 N–H and O–H groups in total. The van der Waals surface area contributed by atoms with Crippen LogP contribution in [0.5, 0.6) is 0 Å². The number of rotatable bonds is 3. The summed E-state index contributed by atoms with van der Waals surface area (Å²) in [5.74, 6) is 1.97. The number of hydrogen-bond acceptors (Lipinski definition) is 5. The van der Waals surface area contributed by atoms with Crippen LogP contribution < -0.4 is 10.5 Å². The molecule has 1 aliphatic rings. The molecule has 3 heterocycles. The molecule has 7 nitrogen and oxygen atoms in total. The average molecular weight is 327 g/mol. The van der Waals surface area contributed by atoms with Crippen LogP contribution in [0.2, 0.25) is 0 Å². The van der Waals surface area contributed by atoms with Gasteiger partial charge < -0.3 is 14.8 Å². The van der Waals surface area contributed by atoms with Gasteiger partial charge in [0.1, 0.15) is 11.6 Å². The number of nitrogens with zero attached hydrogens (tertiary/aromatic N) is 4. The van der Waals surface area contributed by atoms with Crippen LogP contribution >= 0.6 is 0 Å². The van der Waals surface area contributed by atoms with Crippen LogP contribution in [-0.4, -0.2) is 51.9 Å². The first-order valence-corrected chi connectivity index (χ1v) is 8.10. The fourth-order valence-electron chi connectivity index (χ4n) is 2.68. The van der Waals surface area contributed by atoms with Crippen molar-refractivity contribution in [3.63, 3.8) is 0 Å². The van der Waals surface area contributed by atoms with Crippen LogP contribution in [0.1, 0.15) is 35.9 Å². The van der Waals surface area contributed by atoms with E-state index in [1.54, 1.807) is 17.2 Å². The lowest BCUT2D eigenvalue weighted by Crippen LogP contribution is -2.49. The van der Waals surface area contributed by atoms with E-state index in [1.165, 1.54) is 12.3 Å². The maximum Gasteiger partial charge on any atom is 0.255 e. The normalized spacial score (nSPS) is 15.0. The summed E-state index contributed by atoms with van der Waals surface area (Å²) in [6.07, 6.45) is 3.26. The summed E-state index contributed by atoms with van der Waals surface area (Å²) in [6, 6.07) is 4.84. The standard InChI is InChI=1S/C17H21N5O2/c1-12(2)16-18-6-5-14(20-16)21-7-9-22(10-8-21)17(24)13-3-4-15(23)19-11-13/h3-6,11-12H,7-10H2,1-2H3,(H,19,23). The van der Waals surface area contributed by atoms with Gasteiger partial charge in [-0.25, -0.2) is 9.97 Å². The molecule has 1 saturated heterocycles. The summed E-state index contributed by atoms with van der Waals surface area (Å²) in [5, 5.41) is 0. The number of aromatic nitrogens is 3. The number of amides is 1. The van der Waals surface area contributed by atoms with Gasteiger partial charge in [0.15, 0.2) is 0 Å². The molecule has 3 rings (SSSR count). The summed E-state index contributed by atoms with van der Waals surface area (Å²) in [7, 11) is 0. The summed E-state index contributed by atoms with van der Waals surface area (Å²) in [5.41, 5.74) is 0.299. The van der Waals surface area contributed by atoms with Crippen LogP contribution in [0.3, 0.4) is 0 Å². The molecule has 0 bridgehead atoms. The highest BCUT2D eigenvalue weighted by atomic mass is 16.2. The molecule has 0 spiro atoms. The van der Waals surface area contributed by atoms with E-state index in [-0.39, 0.29) is 17.4 Å². The summed E-state index contributed by atoms with van der Waals surface area (Å²) < 4.78 is 0. The van der Waals surface area contributed by atoms with Crippen LogP contribution in [0.4, 0.5) is 5.82 Å². The number of anilines is 1. The highest BCUT2D eigenvalue weighted by molar-refractivity contribution is 5.94. The number of carbonyl (C=O) groups is 1. The fraction of sp³-hybridized carbons (Fsp3) is 0.412. The van der Waals surface area contributed by atoms with E-state index in [2.05, 4.69) is 33.7 Å². The van der Waals surface area contributed by atoms with E-state index in [0.29, 0.717) is 18.7 Å². The monoisotopic (exact) mass is 327 g/mol. The quantitative estimate of drug-likeness (QED) is 0.917. The third-order valence-corrected chi connectivity index (χ3v) is 4.10. The second-order valence-corrected chi connectivity index (χ2v) is 6.15. The van der Waals surface area contributed by atoms with Gasteiger partial charge in [-0.05, 0) is 12.1 Å². The molecule has 2 aromatic rings. The molecular weight excluding hydrogens is 306 g/mol. The topological polar surface area (TPSA) is 82.2 Å². The van der Waals surface area contributed by atoms with Crippen LogP contribution in [0.15, 0.2) is 35.4 Å². The Bertz CT molecular complexity index is 758. The Kier molecular flexibility index (Phi) is 4.59. The number of piperazine rings is 1. The van der Waals surface area contributed by atoms with E-state index < -0.39 is 0 Å². The van der Waals surface area contributed by atoms with E-state index in [1.807, 2.05) is 6.07 Å². The number of pyridine rings is 1. The second-order valence-electron chi connectivity index (χ2n) is 6.15. The Labute approximate surface area is 140 Å². The fourth-order valence-corrected chi connectivity index (χ4v) is 2.68. The van der Waals surface area contributed by atoms with Gasteiger partial charge in [-0.3, -0.25) is 9.59 Å². The SMILES string of the molecule is CC(C)c1nccc(N2CCN(C(=O)c3ccc(=O)[nH]c3)CC2)n1. The van der Waals surface area contributed by atoms with Gasteiger partial charge in [0, 0.05) is 50.6 Å². The highest BCUT2D eigenvalue weighted by Crippen LogP contribution is 2.17. The molecule has 0 radical (unpaired) electrons. The van der Waals surface area contributed by atoms with E-state index in [4.69, 9.17) is 0 Å². The van der Waals surface area contributed by atoms with Crippen molar-refractivity contribution >= 4 is 11.7 Å². The summed E-state index contributed by atoms with van der Waals surface area (Å²) in [6.45, 7) is 6.84. The van der Waals surface area contributed by atoms with Gasteiger partial charge in [0.05, 0.1) is 5.56 Å². The first-order valence-electron chi connectivity index (χ1n) is 8.10. The molecule has 126 valence electrons. The molecule has 2 aromatic heterocycles. The lowest BCUT2D eigenvalue weighted by Gasteiger charge is -2.35. The number of hydrogen-bond donors (Lipinski definition) is 1. The lowest BCUT2D eigenvalue weighted by atomic mass is 10.2. The van der Waals surface area contributed by atoms with Crippen LogP contribution in [0, 0.1) is 0 Å². The number of carbonyl (C=O) groups excluding carboxylic acids is 1. The maximum atomic E-state index is 12.5. The molecule has 0 saturated carbocycles. The third kappa shape index (κ3) is 3.45. The lowest BCUT2D eigenvalue weighted by molar-refractivity contribution is 0.0746. The van der Waals surface area contributed by atoms with E-state index in [0.717, 1.165) is 24.7 Å². The van der Waals surface area contributed by atoms with Crippen LogP contribution in [0.25, 0.3) is 0 Å². The van der Waals surface area contributed by atoms with Gasteiger partial charge in [-0.1, -0.05) is 13.8 Å². The highest BCUT2D eigenvalue weighted by Gasteiger charge is 2.23. The van der Waals surface area contributed by atoms with Crippen molar-refractivity contribution in [3.05, 3.63) is 52.3 Å². The first kappa shape index (κ1) is 16.2. The summed E-state index contributed by atoms with van der Waals surface area (Å²) >= 11 is 0. The first-order chi connectivity index (χ1) is 11.5. The smallest absolute Gasteiger partial charge is 0.255 e. The van der Waals surface area contributed by atoms with Crippen molar-refractivity contribution in [2.45, 2.75) is 19.8 Å². The Morgan fingerprint density at radius 1 is 1.17 bits per heavy atom. The minimum absolute atomic E-state index is 0.0588. The molecule has 1 amide bonds. The van der Waals surface area contributed by atoms with Gasteiger partial charge in [0.2, 0.25) is 5.56 Å². The Balaban J connectivity index is 1.65. The van der Waals surface area contributed by atoms with Gasteiger partial charge in [-0.2, -0.15) is 0 Å². The second kappa shape index (κ2) is 6.82. The molecule has 1 fully saturated rings. The minimum atomic E-state index is -0.207. The van der Waals surface area contributed by atoms with E-state index >= 15 is 0 Å². The number of aromatic amines is 1. The van der Waals surface area contributed by atoms with Crippen molar-refractivity contribution < 1.29 is 4.79 Å². The molecule has 0 atom stereocenters. The molecule has 1 aliphatic heterocycles. The zero-order valence-electron chi connectivity index (χ0n) is 13.9. The van der Waals surface area contributed by atoms with Crippen molar-refractivity contribution in [1.82, 2.24) is 19.9 Å². The molecular formula is C17H21N5O2. The molecule has 24 heavy (non-hydrogen) atoms. The van der Waals surface area contributed by atoms with Crippen molar-refractivity contribution in [2.24, 2.45) is 0 Å². The predicted octanol–water partition coefficient (Wildman–Crippen LogP) is 1.25. The van der Waals surface area contributed by atoms with Gasteiger partial charge in [-0.15, -0.1) is 0 Å². The minimum Gasteiger partial charge on any atom is -0.353 e. The van der Waals surface area contributed by atoms with Crippen LogP contribution in [-0.2, 0) is 0 Å². The third-order valence-electron chi connectivity index (χ3n) is 4.10. The Hall–Kier alpha value is -2.70. The maximum absolute atomic E-state index is 12.5. The largest absolute Gasteiger partial charge is 0.353 e. The summed E-state index contributed by atoms with van der Waals surface area (Å²) in [4.78, 5) is 39.0. The Morgan fingerprint density at radius 2 is 1.92 bits per heavy atom. The van der Waals surface area contributed by atoms with Gasteiger partial charge in [0.25, 0.3) is 5.91 Å².